The number of unbranched alkanes of at least 4 members (excludes halogenated alkanes) is 1. The second-order valence-electron chi connectivity index (χ2n) is 3.05. The molecule has 11 heavy (non-hydrogen) atoms. The maximum absolute atomic E-state index is 12.4. The Morgan fingerprint density at radius 1 is 1.55 bits per heavy atom. The van der Waals surface area contributed by atoms with Crippen molar-refractivity contribution in [3.63, 3.8) is 0 Å². The lowest BCUT2D eigenvalue weighted by Crippen LogP contribution is -2.07. The molecule has 0 spiro atoms. The molecular formula is C9H17FO. The van der Waals surface area contributed by atoms with Crippen molar-refractivity contribution in [2.24, 2.45) is 5.92 Å². The lowest BCUT2D eigenvalue weighted by atomic mass is 9.98. The van der Waals surface area contributed by atoms with Crippen LogP contribution in [0.4, 0.5) is 4.39 Å². The number of alkyl halides is 1. The van der Waals surface area contributed by atoms with Crippen molar-refractivity contribution in [1.82, 2.24) is 0 Å². The minimum atomic E-state index is -0.845. The number of carbonyl (C=O) groups excluding carboxylic acids is 1. The second-order valence-corrected chi connectivity index (χ2v) is 3.05. The molecule has 0 saturated carbocycles. The van der Waals surface area contributed by atoms with Gasteiger partial charge in [-0.25, -0.2) is 4.39 Å². The van der Waals surface area contributed by atoms with Crippen LogP contribution in [0.1, 0.15) is 39.5 Å². The van der Waals surface area contributed by atoms with E-state index < -0.39 is 6.17 Å². The molecule has 2 heteroatoms. The summed E-state index contributed by atoms with van der Waals surface area (Å²) in [6.07, 6.45) is 3.37. The van der Waals surface area contributed by atoms with Crippen LogP contribution in [0.3, 0.4) is 0 Å². The first kappa shape index (κ1) is 10.6. The van der Waals surface area contributed by atoms with E-state index in [1.165, 1.54) is 6.92 Å². The smallest absolute Gasteiger partial charge is 0.123 e. The summed E-state index contributed by atoms with van der Waals surface area (Å²) in [6, 6.07) is 0. The molecule has 0 radical (unpaired) electrons. The lowest BCUT2D eigenvalue weighted by Gasteiger charge is -2.09. The van der Waals surface area contributed by atoms with Crippen molar-refractivity contribution in [3.05, 3.63) is 0 Å². The summed E-state index contributed by atoms with van der Waals surface area (Å²) in [7, 11) is 0. The van der Waals surface area contributed by atoms with Gasteiger partial charge in [0.05, 0.1) is 6.17 Å². The number of carbonyl (C=O) groups is 1. The fourth-order valence-electron chi connectivity index (χ4n) is 1.12. The number of rotatable bonds is 6. The van der Waals surface area contributed by atoms with Gasteiger partial charge < -0.3 is 4.79 Å². The van der Waals surface area contributed by atoms with E-state index in [1.807, 2.05) is 0 Å². The maximum Gasteiger partial charge on any atom is 0.123 e. The third kappa shape index (κ3) is 6.02. The summed E-state index contributed by atoms with van der Waals surface area (Å²) < 4.78 is 12.4. The van der Waals surface area contributed by atoms with Crippen LogP contribution in [0.25, 0.3) is 0 Å². The predicted molar refractivity (Wildman–Crippen MR) is 44.3 cm³/mol. The Balaban J connectivity index is 3.49. The zero-order valence-electron chi connectivity index (χ0n) is 7.35. The van der Waals surface area contributed by atoms with Crippen LogP contribution in [0, 0.1) is 5.92 Å². The highest BCUT2D eigenvalue weighted by atomic mass is 19.1. The number of aldehydes is 1. The van der Waals surface area contributed by atoms with Crippen molar-refractivity contribution in [2.75, 3.05) is 0 Å². The van der Waals surface area contributed by atoms with Crippen LogP contribution in [0.5, 0.6) is 0 Å². The average molecular weight is 160 g/mol. The minimum absolute atomic E-state index is 0.0602. The molecule has 0 aliphatic heterocycles. The highest BCUT2D eigenvalue weighted by Crippen LogP contribution is 2.13. The highest BCUT2D eigenvalue weighted by Gasteiger charge is 2.10. The Morgan fingerprint density at radius 3 is 2.55 bits per heavy atom. The second kappa shape index (κ2) is 6.32. The van der Waals surface area contributed by atoms with Gasteiger partial charge in [0.25, 0.3) is 0 Å². The molecule has 0 saturated heterocycles. The van der Waals surface area contributed by atoms with Gasteiger partial charge in [-0.3, -0.25) is 0 Å². The van der Waals surface area contributed by atoms with E-state index in [-0.39, 0.29) is 5.92 Å². The van der Waals surface area contributed by atoms with Gasteiger partial charge >= 0.3 is 0 Å². The molecule has 0 rings (SSSR count). The largest absolute Gasteiger partial charge is 0.303 e. The average Bonchev–Trinajstić information content (AvgIpc) is 1.97. The van der Waals surface area contributed by atoms with Crippen molar-refractivity contribution in [1.29, 1.82) is 0 Å². The van der Waals surface area contributed by atoms with Crippen molar-refractivity contribution < 1.29 is 9.18 Å². The van der Waals surface area contributed by atoms with Crippen molar-refractivity contribution in [3.8, 4) is 0 Å². The molecule has 66 valence electrons. The molecule has 0 aliphatic rings. The first-order valence-corrected chi connectivity index (χ1v) is 4.30. The minimum Gasteiger partial charge on any atom is -0.303 e. The topological polar surface area (TPSA) is 17.1 Å². The maximum atomic E-state index is 12.4. The molecule has 2 atom stereocenters. The molecule has 0 bridgehead atoms. The zero-order chi connectivity index (χ0) is 8.69. The molecule has 0 heterocycles. The molecular weight excluding hydrogens is 143 g/mol. The molecule has 0 aliphatic carbocycles. The van der Waals surface area contributed by atoms with Crippen LogP contribution >= 0.6 is 0 Å². The normalized spacial score (nSPS) is 15.9. The van der Waals surface area contributed by atoms with Crippen LogP contribution in [-0.4, -0.2) is 12.5 Å². The van der Waals surface area contributed by atoms with Crippen LogP contribution in [0.15, 0.2) is 0 Å². The summed E-state index contributed by atoms with van der Waals surface area (Å²) in [5.74, 6) is -0.0602. The van der Waals surface area contributed by atoms with Crippen LogP contribution in [0.2, 0.25) is 0 Å². The van der Waals surface area contributed by atoms with Gasteiger partial charge in [-0.05, 0) is 19.8 Å². The first-order valence-electron chi connectivity index (χ1n) is 4.30. The predicted octanol–water partition coefficient (Wildman–Crippen LogP) is 2.74. The van der Waals surface area contributed by atoms with E-state index in [1.54, 1.807) is 0 Å². The Morgan fingerprint density at radius 2 is 2.18 bits per heavy atom. The lowest BCUT2D eigenvalue weighted by molar-refractivity contribution is -0.111. The number of hydrogen-bond acceptors (Lipinski definition) is 1. The molecule has 2 unspecified atom stereocenters. The summed E-state index contributed by atoms with van der Waals surface area (Å²) in [4.78, 5) is 10.4. The molecule has 0 N–H and O–H groups in total. The SMILES string of the molecule is CCCCC(C=O)CC(C)F. The number of halogens is 1. The van der Waals surface area contributed by atoms with E-state index in [2.05, 4.69) is 6.92 Å². The molecule has 0 aromatic rings. The molecule has 0 amide bonds. The van der Waals surface area contributed by atoms with Gasteiger partial charge in [-0.1, -0.05) is 19.8 Å². The van der Waals surface area contributed by atoms with E-state index >= 15 is 0 Å². The van der Waals surface area contributed by atoms with Crippen molar-refractivity contribution >= 4 is 6.29 Å². The number of hydrogen-bond donors (Lipinski definition) is 0. The van der Waals surface area contributed by atoms with Gasteiger partial charge in [0, 0.05) is 5.92 Å². The fraction of sp³-hybridized carbons (Fsp3) is 0.889. The molecule has 0 aromatic carbocycles. The van der Waals surface area contributed by atoms with E-state index in [9.17, 15) is 9.18 Å². The Bertz CT molecular complexity index is 102. The van der Waals surface area contributed by atoms with Gasteiger partial charge in [-0.2, -0.15) is 0 Å². The zero-order valence-corrected chi connectivity index (χ0v) is 7.35. The molecule has 0 fully saturated rings. The van der Waals surface area contributed by atoms with E-state index in [0.29, 0.717) is 6.42 Å². The van der Waals surface area contributed by atoms with Crippen LogP contribution in [-0.2, 0) is 4.79 Å². The standard InChI is InChI=1S/C9H17FO/c1-3-4-5-9(7-11)6-8(2)10/h7-9H,3-6H2,1-2H3. The van der Waals surface area contributed by atoms with E-state index in [0.717, 1.165) is 25.5 Å². The third-order valence-corrected chi connectivity index (χ3v) is 1.75. The quantitative estimate of drug-likeness (QED) is 0.546. The monoisotopic (exact) mass is 160 g/mol. The Kier molecular flexibility index (Phi) is 6.09. The van der Waals surface area contributed by atoms with E-state index in [4.69, 9.17) is 0 Å². The Labute approximate surface area is 68.0 Å². The van der Waals surface area contributed by atoms with Gasteiger partial charge in [-0.15, -0.1) is 0 Å². The van der Waals surface area contributed by atoms with Crippen LogP contribution < -0.4 is 0 Å². The molecule has 0 aromatic heterocycles. The summed E-state index contributed by atoms with van der Waals surface area (Å²) >= 11 is 0. The fourth-order valence-corrected chi connectivity index (χ4v) is 1.12. The highest BCUT2D eigenvalue weighted by molar-refractivity contribution is 5.53. The van der Waals surface area contributed by atoms with Crippen molar-refractivity contribution in [2.45, 2.75) is 45.7 Å². The Hall–Kier alpha value is -0.400. The summed E-state index contributed by atoms with van der Waals surface area (Å²) in [5, 5.41) is 0. The third-order valence-electron chi connectivity index (χ3n) is 1.75. The summed E-state index contributed by atoms with van der Waals surface area (Å²) in [6.45, 7) is 3.57. The van der Waals surface area contributed by atoms with Gasteiger partial charge in [0.15, 0.2) is 0 Å². The summed E-state index contributed by atoms with van der Waals surface area (Å²) in [5.41, 5.74) is 0. The van der Waals surface area contributed by atoms with Gasteiger partial charge in [0.1, 0.15) is 6.29 Å². The first-order chi connectivity index (χ1) is 5.20. The van der Waals surface area contributed by atoms with Gasteiger partial charge in [0.2, 0.25) is 0 Å². The molecule has 1 nitrogen and oxygen atoms in total.